The van der Waals surface area contributed by atoms with Crippen molar-refractivity contribution in [2.45, 2.75) is 44.2 Å². The molecular formula is C14H28N2S. The Hall–Kier alpha value is 0.01000. The van der Waals surface area contributed by atoms with Crippen LogP contribution < -0.4 is 5.32 Å². The lowest BCUT2D eigenvalue weighted by Crippen LogP contribution is -2.51. The van der Waals surface area contributed by atoms with Gasteiger partial charge in [-0.1, -0.05) is 18.9 Å². The molecule has 3 heteroatoms. The highest BCUT2D eigenvalue weighted by Crippen LogP contribution is 2.20. The second kappa shape index (κ2) is 9.01. The van der Waals surface area contributed by atoms with Crippen LogP contribution in [-0.4, -0.2) is 49.1 Å². The van der Waals surface area contributed by atoms with E-state index in [1.807, 2.05) is 6.08 Å². The fourth-order valence-corrected chi connectivity index (χ4v) is 3.80. The van der Waals surface area contributed by atoms with E-state index in [1.54, 1.807) is 0 Å². The zero-order valence-corrected chi connectivity index (χ0v) is 12.3. The van der Waals surface area contributed by atoms with Crippen molar-refractivity contribution in [1.82, 2.24) is 10.2 Å². The summed E-state index contributed by atoms with van der Waals surface area (Å²) in [5.41, 5.74) is 0. The van der Waals surface area contributed by atoms with Crippen LogP contribution in [0.3, 0.4) is 0 Å². The molecule has 0 aromatic heterocycles. The number of thioether (sulfide) groups is 1. The van der Waals surface area contributed by atoms with Gasteiger partial charge in [-0.15, -0.1) is 6.58 Å². The lowest BCUT2D eigenvalue weighted by molar-refractivity contribution is 0.211. The Kier molecular flexibility index (Phi) is 7.99. The monoisotopic (exact) mass is 256 g/mol. The molecule has 1 aliphatic rings. The second-order valence-electron chi connectivity index (χ2n) is 4.94. The van der Waals surface area contributed by atoms with E-state index in [-0.39, 0.29) is 0 Å². The van der Waals surface area contributed by atoms with Gasteiger partial charge in [0, 0.05) is 30.1 Å². The smallest absolute Gasteiger partial charge is 0.0337 e. The Balaban J connectivity index is 2.24. The van der Waals surface area contributed by atoms with Gasteiger partial charge in [0.1, 0.15) is 0 Å². The van der Waals surface area contributed by atoms with Crippen LogP contribution in [0, 0.1) is 0 Å². The Bertz CT molecular complexity index is 208. The fourth-order valence-electron chi connectivity index (χ4n) is 2.49. The molecule has 2 atom stereocenters. The number of hydrogen-bond acceptors (Lipinski definition) is 3. The number of rotatable bonds is 8. The Labute approximate surface area is 111 Å². The highest BCUT2D eigenvalue weighted by molar-refractivity contribution is 7.99. The number of nitrogens with zero attached hydrogens (tertiary/aromatic N) is 1. The van der Waals surface area contributed by atoms with Crippen LogP contribution in [0.25, 0.3) is 0 Å². The Morgan fingerprint density at radius 2 is 2.29 bits per heavy atom. The van der Waals surface area contributed by atoms with Gasteiger partial charge in [0.15, 0.2) is 0 Å². The lowest BCUT2D eigenvalue weighted by atomic mass is 10.0. The molecule has 0 aromatic rings. The molecule has 100 valence electrons. The van der Waals surface area contributed by atoms with Crippen molar-refractivity contribution in [2.24, 2.45) is 0 Å². The average molecular weight is 256 g/mol. The molecule has 1 aliphatic heterocycles. The predicted molar refractivity (Wildman–Crippen MR) is 79.9 cm³/mol. The number of unbranched alkanes of at least 4 members (excludes halogenated alkanes) is 3. The molecule has 0 amide bonds. The normalized spacial score (nSPS) is 23.5. The van der Waals surface area contributed by atoms with Gasteiger partial charge in [-0.3, -0.25) is 0 Å². The third kappa shape index (κ3) is 5.45. The van der Waals surface area contributed by atoms with E-state index in [4.69, 9.17) is 0 Å². The Morgan fingerprint density at radius 3 is 2.94 bits per heavy atom. The van der Waals surface area contributed by atoms with Crippen LogP contribution in [0.1, 0.15) is 32.1 Å². The van der Waals surface area contributed by atoms with Gasteiger partial charge in [-0.2, -0.15) is 11.8 Å². The molecule has 1 N–H and O–H groups in total. The van der Waals surface area contributed by atoms with E-state index in [1.165, 1.54) is 50.2 Å². The summed E-state index contributed by atoms with van der Waals surface area (Å²) in [5, 5.41) is 3.52. The number of nitrogens with one attached hydrogen (secondary N) is 1. The third-order valence-electron chi connectivity index (χ3n) is 3.70. The summed E-state index contributed by atoms with van der Waals surface area (Å²) >= 11 is 2.10. The molecule has 0 spiro atoms. The minimum Gasteiger partial charge on any atom is -0.315 e. The molecule has 2 unspecified atom stereocenters. The molecule has 1 saturated heterocycles. The number of likely N-dealkylation sites (N-methyl/N-ethyl adjacent to an activating group) is 2. The maximum Gasteiger partial charge on any atom is 0.0337 e. The summed E-state index contributed by atoms with van der Waals surface area (Å²) < 4.78 is 0. The highest BCUT2D eigenvalue weighted by atomic mass is 32.2. The van der Waals surface area contributed by atoms with Gasteiger partial charge in [0.25, 0.3) is 0 Å². The van der Waals surface area contributed by atoms with Gasteiger partial charge in [0.2, 0.25) is 0 Å². The maximum atomic E-state index is 3.77. The van der Waals surface area contributed by atoms with Crippen molar-refractivity contribution in [1.29, 1.82) is 0 Å². The van der Waals surface area contributed by atoms with Gasteiger partial charge < -0.3 is 10.2 Å². The van der Waals surface area contributed by atoms with E-state index < -0.39 is 0 Å². The van der Waals surface area contributed by atoms with Gasteiger partial charge in [-0.25, -0.2) is 0 Å². The van der Waals surface area contributed by atoms with Crippen LogP contribution in [0.4, 0.5) is 0 Å². The molecule has 1 heterocycles. The zero-order chi connectivity index (χ0) is 12.5. The molecule has 1 fully saturated rings. The largest absolute Gasteiger partial charge is 0.315 e. The average Bonchev–Trinajstić information content (AvgIpc) is 2.35. The van der Waals surface area contributed by atoms with Crippen LogP contribution in [0.2, 0.25) is 0 Å². The first kappa shape index (κ1) is 15.1. The second-order valence-corrected chi connectivity index (χ2v) is 6.09. The molecular weight excluding hydrogens is 228 g/mol. The first-order chi connectivity index (χ1) is 8.29. The topological polar surface area (TPSA) is 15.3 Å². The number of hydrogen-bond donors (Lipinski definition) is 1. The molecule has 0 bridgehead atoms. The van der Waals surface area contributed by atoms with Crippen LogP contribution in [0.15, 0.2) is 12.7 Å². The molecule has 0 aromatic carbocycles. The SMILES string of the molecule is C=CCCCCCC(NC)C1CSCCN1C. The lowest BCUT2D eigenvalue weighted by Gasteiger charge is -2.37. The quantitative estimate of drug-likeness (QED) is 0.531. The van der Waals surface area contributed by atoms with Gasteiger partial charge >= 0.3 is 0 Å². The fraction of sp³-hybridized carbons (Fsp3) is 0.857. The summed E-state index contributed by atoms with van der Waals surface area (Å²) in [6.45, 7) is 5.01. The van der Waals surface area contributed by atoms with Crippen molar-refractivity contribution < 1.29 is 0 Å². The summed E-state index contributed by atoms with van der Waals surface area (Å²) in [6.07, 6.45) is 8.49. The molecule has 0 aliphatic carbocycles. The van der Waals surface area contributed by atoms with Crippen LogP contribution in [-0.2, 0) is 0 Å². The predicted octanol–water partition coefficient (Wildman–Crippen LogP) is 2.76. The van der Waals surface area contributed by atoms with E-state index in [2.05, 4.69) is 42.7 Å². The van der Waals surface area contributed by atoms with Crippen LogP contribution >= 0.6 is 11.8 Å². The first-order valence-electron chi connectivity index (χ1n) is 6.85. The summed E-state index contributed by atoms with van der Waals surface area (Å²) in [7, 11) is 4.38. The van der Waals surface area contributed by atoms with E-state index >= 15 is 0 Å². The number of allylic oxidation sites excluding steroid dienone is 1. The van der Waals surface area contributed by atoms with Crippen molar-refractivity contribution in [2.75, 3.05) is 32.1 Å². The summed E-state index contributed by atoms with van der Waals surface area (Å²) in [5.74, 6) is 2.58. The van der Waals surface area contributed by atoms with Crippen molar-refractivity contribution >= 4 is 11.8 Å². The molecule has 0 saturated carbocycles. The third-order valence-corrected chi connectivity index (χ3v) is 4.75. The van der Waals surface area contributed by atoms with Crippen molar-refractivity contribution in [3.05, 3.63) is 12.7 Å². The molecule has 1 rings (SSSR count). The standard InChI is InChI=1S/C14H28N2S/c1-4-5-6-7-8-9-13(15-2)14-12-17-11-10-16(14)3/h4,13-15H,1,5-12H2,2-3H3. The van der Waals surface area contributed by atoms with E-state index in [0.29, 0.717) is 6.04 Å². The minimum absolute atomic E-state index is 0.663. The molecule has 0 radical (unpaired) electrons. The van der Waals surface area contributed by atoms with Gasteiger partial charge in [0.05, 0.1) is 0 Å². The van der Waals surface area contributed by atoms with Crippen molar-refractivity contribution in [3.63, 3.8) is 0 Å². The summed E-state index contributed by atoms with van der Waals surface area (Å²) in [6, 6.07) is 1.38. The van der Waals surface area contributed by atoms with E-state index in [9.17, 15) is 0 Å². The highest BCUT2D eigenvalue weighted by Gasteiger charge is 2.26. The Morgan fingerprint density at radius 1 is 1.47 bits per heavy atom. The molecule has 17 heavy (non-hydrogen) atoms. The van der Waals surface area contributed by atoms with E-state index in [0.717, 1.165) is 6.04 Å². The minimum atomic E-state index is 0.663. The van der Waals surface area contributed by atoms with Crippen molar-refractivity contribution in [3.8, 4) is 0 Å². The molecule has 2 nitrogen and oxygen atoms in total. The zero-order valence-electron chi connectivity index (χ0n) is 11.5. The maximum absolute atomic E-state index is 3.77. The summed E-state index contributed by atoms with van der Waals surface area (Å²) in [4.78, 5) is 2.53. The van der Waals surface area contributed by atoms with Gasteiger partial charge in [-0.05, 0) is 33.4 Å². The first-order valence-corrected chi connectivity index (χ1v) is 8.01. The van der Waals surface area contributed by atoms with Crippen LogP contribution in [0.5, 0.6) is 0 Å².